The van der Waals surface area contributed by atoms with Gasteiger partial charge in [-0.25, -0.2) is 0 Å². The van der Waals surface area contributed by atoms with Gasteiger partial charge < -0.3 is 9.84 Å². The Bertz CT molecular complexity index is 285. The molecule has 0 bridgehead atoms. The third-order valence-corrected chi connectivity index (χ3v) is 3.43. The van der Waals surface area contributed by atoms with E-state index in [4.69, 9.17) is 4.52 Å². The molecular weight excluding hydrogens is 198 g/mol. The van der Waals surface area contributed by atoms with E-state index in [1.54, 1.807) is 0 Å². The van der Waals surface area contributed by atoms with Gasteiger partial charge in [0.05, 0.1) is 5.75 Å². The Morgan fingerprint density at radius 2 is 2.43 bits per heavy atom. The minimum Gasteiger partial charge on any atom is -0.338 e. The molecule has 1 aliphatic heterocycles. The Morgan fingerprint density at radius 1 is 1.57 bits per heavy atom. The lowest BCUT2D eigenvalue weighted by molar-refractivity contribution is 0.380. The molecule has 14 heavy (non-hydrogen) atoms. The van der Waals surface area contributed by atoms with Crippen LogP contribution < -0.4 is 5.32 Å². The van der Waals surface area contributed by atoms with Crippen LogP contribution in [-0.4, -0.2) is 29.0 Å². The fraction of sp³-hybridized carbons (Fsp3) is 0.778. The van der Waals surface area contributed by atoms with Crippen molar-refractivity contribution in [1.82, 2.24) is 15.5 Å². The van der Waals surface area contributed by atoms with Gasteiger partial charge in [-0.2, -0.15) is 16.7 Å². The molecule has 78 valence electrons. The van der Waals surface area contributed by atoms with Gasteiger partial charge in [-0.05, 0) is 24.8 Å². The molecule has 2 heterocycles. The zero-order valence-electron chi connectivity index (χ0n) is 8.32. The third kappa shape index (κ3) is 2.48. The number of hydrogen-bond acceptors (Lipinski definition) is 5. The molecular formula is C9H15N3OS. The van der Waals surface area contributed by atoms with Crippen LogP contribution in [0, 0.1) is 5.92 Å². The van der Waals surface area contributed by atoms with Crippen molar-refractivity contribution in [1.29, 1.82) is 0 Å². The van der Waals surface area contributed by atoms with Crippen LogP contribution >= 0.6 is 11.8 Å². The molecule has 1 N–H and O–H groups in total. The summed E-state index contributed by atoms with van der Waals surface area (Å²) in [6.45, 7) is 4.36. The molecule has 1 aliphatic rings. The minimum atomic E-state index is 0.763. The van der Waals surface area contributed by atoms with Crippen molar-refractivity contribution < 1.29 is 4.52 Å². The molecule has 2 rings (SSSR count). The molecule has 1 fully saturated rings. The van der Waals surface area contributed by atoms with Gasteiger partial charge in [0.15, 0.2) is 5.82 Å². The third-order valence-electron chi connectivity index (χ3n) is 2.27. The number of thioether (sulfide) groups is 1. The lowest BCUT2D eigenvalue weighted by Crippen LogP contribution is -2.43. The molecule has 4 nitrogen and oxygen atoms in total. The molecule has 0 unspecified atom stereocenters. The van der Waals surface area contributed by atoms with E-state index in [1.807, 2.05) is 18.7 Å². The van der Waals surface area contributed by atoms with Crippen LogP contribution in [0.25, 0.3) is 0 Å². The number of nitrogens with zero attached hydrogens (tertiary/aromatic N) is 2. The SMILES string of the molecule is CCc1noc(CSCC2CNC2)n1. The summed E-state index contributed by atoms with van der Waals surface area (Å²) in [5.74, 6) is 4.46. The minimum absolute atomic E-state index is 0.763. The first kappa shape index (κ1) is 9.98. The van der Waals surface area contributed by atoms with Crippen molar-refractivity contribution in [3.63, 3.8) is 0 Å². The monoisotopic (exact) mass is 213 g/mol. The summed E-state index contributed by atoms with van der Waals surface area (Å²) in [7, 11) is 0. The second-order valence-corrected chi connectivity index (χ2v) is 4.53. The van der Waals surface area contributed by atoms with Crippen molar-refractivity contribution in [2.24, 2.45) is 5.92 Å². The summed E-state index contributed by atoms with van der Waals surface area (Å²) in [4.78, 5) is 4.26. The number of hydrogen-bond donors (Lipinski definition) is 1. The second-order valence-electron chi connectivity index (χ2n) is 3.50. The predicted molar refractivity (Wildman–Crippen MR) is 56.2 cm³/mol. The Hall–Kier alpha value is -0.550. The Kier molecular flexibility index (Phi) is 3.42. The molecule has 1 saturated heterocycles. The molecule has 0 atom stereocenters. The number of nitrogens with one attached hydrogen (secondary N) is 1. The second kappa shape index (κ2) is 4.79. The summed E-state index contributed by atoms with van der Waals surface area (Å²) in [6, 6.07) is 0. The van der Waals surface area contributed by atoms with Crippen molar-refractivity contribution in [3.8, 4) is 0 Å². The molecule has 0 spiro atoms. The van der Waals surface area contributed by atoms with Gasteiger partial charge in [-0.3, -0.25) is 0 Å². The standard InChI is InChI=1S/C9H15N3OS/c1-2-8-11-9(13-12-8)6-14-5-7-3-10-4-7/h7,10H,2-6H2,1H3. The van der Waals surface area contributed by atoms with E-state index in [-0.39, 0.29) is 0 Å². The van der Waals surface area contributed by atoms with Gasteiger partial charge >= 0.3 is 0 Å². The van der Waals surface area contributed by atoms with E-state index in [0.29, 0.717) is 0 Å². The number of rotatable bonds is 5. The van der Waals surface area contributed by atoms with Crippen LogP contribution in [0.15, 0.2) is 4.52 Å². The molecule has 1 aromatic rings. The van der Waals surface area contributed by atoms with Gasteiger partial charge in [0.1, 0.15) is 0 Å². The summed E-state index contributed by atoms with van der Waals surface area (Å²) < 4.78 is 5.09. The first-order valence-corrected chi connectivity index (χ1v) is 6.14. The predicted octanol–water partition coefficient (Wildman–Crippen LogP) is 1.08. The highest BCUT2D eigenvalue weighted by molar-refractivity contribution is 7.98. The maximum absolute atomic E-state index is 5.09. The van der Waals surface area contributed by atoms with Gasteiger partial charge in [0.2, 0.25) is 5.89 Å². The first-order valence-electron chi connectivity index (χ1n) is 4.98. The highest BCUT2D eigenvalue weighted by atomic mass is 32.2. The maximum Gasteiger partial charge on any atom is 0.236 e. The molecule has 0 radical (unpaired) electrons. The average molecular weight is 213 g/mol. The molecule has 0 amide bonds. The van der Waals surface area contributed by atoms with Crippen LogP contribution in [0.4, 0.5) is 0 Å². The smallest absolute Gasteiger partial charge is 0.236 e. The molecule has 0 saturated carbocycles. The lowest BCUT2D eigenvalue weighted by Gasteiger charge is -2.26. The first-order chi connectivity index (χ1) is 6.88. The normalized spacial score (nSPS) is 16.9. The maximum atomic E-state index is 5.09. The quantitative estimate of drug-likeness (QED) is 0.793. The van der Waals surface area contributed by atoms with Crippen LogP contribution in [0.5, 0.6) is 0 Å². The Balaban J connectivity index is 1.68. The molecule has 0 aromatic carbocycles. The summed E-state index contributed by atoms with van der Waals surface area (Å²) >= 11 is 1.88. The van der Waals surface area contributed by atoms with Gasteiger partial charge in [0, 0.05) is 6.42 Å². The van der Waals surface area contributed by atoms with Crippen molar-refractivity contribution in [2.45, 2.75) is 19.1 Å². The van der Waals surface area contributed by atoms with E-state index < -0.39 is 0 Å². The summed E-state index contributed by atoms with van der Waals surface area (Å²) in [6.07, 6.45) is 0.848. The zero-order chi connectivity index (χ0) is 9.80. The highest BCUT2D eigenvalue weighted by Crippen LogP contribution is 2.16. The van der Waals surface area contributed by atoms with Crippen molar-refractivity contribution in [2.75, 3.05) is 18.8 Å². The van der Waals surface area contributed by atoms with E-state index in [1.165, 1.54) is 5.75 Å². The van der Waals surface area contributed by atoms with Gasteiger partial charge in [-0.1, -0.05) is 12.1 Å². The van der Waals surface area contributed by atoms with Crippen LogP contribution in [0.1, 0.15) is 18.6 Å². The number of aryl methyl sites for hydroxylation is 1. The number of aromatic nitrogens is 2. The van der Waals surface area contributed by atoms with Crippen molar-refractivity contribution in [3.05, 3.63) is 11.7 Å². The lowest BCUT2D eigenvalue weighted by atomic mass is 10.1. The van der Waals surface area contributed by atoms with Crippen LogP contribution in [0.3, 0.4) is 0 Å². The Morgan fingerprint density at radius 3 is 3.00 bits per heavy atom. The molecule has 0 aliphatic carbocycles. The topological polar surface area (TPSA) is 51.0 Å². The van der Waals surface area contributed by atoms with Crippen LogP contribution in [-0.2, 0) is 12.2 Å². The largest absolute Gasteiger partial charge is 0.338 e. The fourth-order valence-corrected chi connectivity index (χ4v) is 2.25. The van der Waals surface area contributed by atoms with E-state index >= 15 is 0 Å². The molecule has 5 heteroatoms. The Labute approximate surface area is 87.8 Å². The van der Waals surface area contributed by atoms with Crippen molar-refractivity contribution >= 4 is 11.8 Å². The molecule has 1 aromatic heterocycles. The highest BCUT2D eigenvalue weighted by Gasteiger charge is 2.16. The fourth-order valence-electron chi connectivity index (χ4n) is 1.27. The van der Waals surface area contributed by atoms with Gasteiger partial charge in [0.25, 0.3) is 0 Å². The van der Waals surface area contributed by atoms with E-state index in [0.717, 1.165) is 42.9 Å². The van der Waals surface area contributed by atoms with E-state index in [9.17, 15) is 0 Å². The van der Waals surface area contributed by atoms with E-state index in [2.05, 4.69) is 15.5 Å². The van der Waals surface area contributed by atoms with Gasteiger partial charge in [-0.15, -0.1) is 0 Å². The summed E-state index contributed by atoms with van der Waals surface area (Å²) in [5.41, 5.74) is 0. The summed E-state index contributed by atoms with van der Waals surface area (Å²) in [5, 5.41) is 7.11. The van der Waals surface area contributed by atoms with Crippen LogP contribution in [0.2, 0.25) is 0 Å². The average Bonchev–Trinajstić information content (AvgIpc) is 2.57. The zero-order valence-corrected chi connectivity index (χ0v) is 9.14.